The van der Waals surface area contributed by atoms with Gasteiger partial charge in [-0.15, -0.1) is 0 Å². The fourth-order valence-electron chi connectivity index (χ4n) is 2.85. The fourth-order valence-corrected chi connectivity index (χ4v) is 2.85. The first kappa shape index (κ1) is 13.5. The molecule has 1 N–H and O–H groups in total. The molecule has 2 rings (SSSR count). The molecule has 1 aliphatic carbocycles. The van der Waals surface area contributed by atoms with Crippen molar-refractivity contribution in [2.24, 2.45) is 5.92 Å². The second kappa shape index (κ2) is 6.33. The van der Waals surface area contributed by atoms with E-state index in [4.69, 9.17) is 0 Å². The van der Waals surface area contributed by atoms with Crippen LogP contribution in [0.4, 0.5) is 4.39 Å². The summed E-state index contributed by atoms with van der Waals surface area (Å²) in [6.45, 7) is 4.52. The Morgan fingerprint density at radius 1 is 1.11 bits per heavy atom. The molecule has 1 saturated carbocycles. The Morgan fingerprint density at radius 2 is 1.83 bits per heavy atom. The molecule has 0 heterocycles. The van der Waals surface area contributed by atoms with Crippen molar-refractivity contribution in [3.8, 4) is 0 Å². The van der Waals surface area contributed by atoms with Crippen molar-refractivity contribution in [3.05, 3.63) is 35.6 Å². The molecule has 18 heavy (non-hydrogen) atoms. The summed E-state index contributed by atoms with van der Waals surface area (Å²) in [4.78, 5) is 0. The van der Waals surface area contributed by atoms with E-state index in [9.17, 15) is 4.39 Å². The summed E-state index contributed by atoms with van der Waals surface area (Å²) in [5.74, 6) is 0.715. The first-order valence-electron chi connectivity index (χ1n) is 7.16. The van der Waals surface area contributed by atoms with Gasteiger partial charge in [0.2, 0.25) is 0 Å². The van der Waals surface area contributed by atoms with Crippen LogP contribution in [0.3, 0.4) is 0 Å². The van der Waals surface area contributed by atoms with Crippen LogP contribution < -0.4 is 5.32 Å². The lowest BCUT2D eigenvalue weighted by Crippen LogP contribution is -2.31. The van der Waals surface area contributed by atoms with E-state index in [-0.39, 0.29) is 5.82 Å². The van der Waals surface area contributed by atoms with E-state index in [0.717, 1.165) is 5.92 Å². The van der Waals surface area contributed by atoms with E-state index < -0.39 is 0 Å². The van der Waals surface area contributed by atoms with Gasteiger partial charge in [-0.1, -0.05) is 31.9 Å². The molecule has 0 bridgehead atoms. The lowest BCUT2D eigenvalue weighted by molar-refractivity contribution is 0.408. The van der Waals surface area contributed by atoms with Crippen molar-refractivity contribution in [2.45, 2.75) is 58.0 Å². The van der Waals surface area contributed by atoms with Gasteiger partial charge in [0.1, 0.15) is 5.82 Å². The molecule has 1 nitrogen and oxygen atoms in total. The van der Waals surface area contributed by atoms with Crippen LogP contribution in [-0.2, 0) is 0 Å². The second-order valence-corrected chi connectivity index (χ2v) is 5.75. The maximum Gasteiger partial charge on any atom is 0.123 e. The van der Waals surface area contributed by atoms with E-state index in [1.807, 2.05) is 12.1 Å². The summed E-state index contributed by atoms with van der Waals surface area (Å²) in [6.07, 6.45) is 6.56. The number of nitrogens with one attached hydrogen (secondary N) is 1. The standard InChI is InChI=1S/C16H24FN/c1-12-4-3-5-16(11-6-12)18-13(2)14-7-9-15(17)10-8-14/h7-10,12-13,16,18H,3-6,11H2,1-2H3. The van der Waals surface area contributed by atoms with Crippen LogP contribution in [0.15, 0.2) is 24.3 Å². The molecule has 3 unspecified atom stereocenters. The van der Waals surface area contributed by atoms with Crippen LogP contribution in [0.25, 0.3) is 0 Å². The lowest BCUT2D eigenvalue weighted by Gasteiger charge is -2.22. The summed E-state index contributed by atoms with van der Waals surface area (Å²) in [5, 5.41) is 3.69. The third-order valence-corrected chi connectivity index (χ3v) is 4.11. The minimum Gasteiger partial charge on any atom is -0.307 e. The Labute approximate surface area is 110 Å². The van der Waals surface area contributed by atoms with Crippen molar-refractivity contribution in [1.29, 1.82) is 0 Å². The molecule has 3 atom stereocenters. The van der Waals surface area contributed by atoms with Crippen LogP contribution >= 0.6 is 0 Å². The van der Waals surface area contributed by atoms with Crippen molar-refractivity contribution in [3.63, 3.8) is 0 Å². The Morgan fingerprint density at radius 3 is 2.56 bits per heavy atom. The third kappa shape index (κ3) is 3.81. The van der Waals surface area contributed by atoms with Gasteiger partial charge in [-0.25, -0.2) is 4.39 Å². The highest BCUT2D eigenvalue weighted by Crippen LogP contribution is 2.24. The maximum absolute atomic E-state index is 12.9. The van der Waals surface area contributed by atoms with Gasteiger partial charge in [-0.3, -0.25) is 0 Å². The quantitative estimate of drug-likeness (QED) is 0.781. The molecule has 0 radical (unpaired) electrons. The van der Waals surface area contributed by atoms with Crippen molar-refractivity contribution < 1.29 is 4.39 Å². The molecule has 2 heteroatoms. The summed E-state index contributed by atoms with van der Waals surface area (Å²) in [6, 6.07) is 7.78. The predicted octanol–water partition coefficient (Wildman–Crippen LogP) is 4.45. The molecule has 1 aromatic carbocycles. The van der Waals surface area contributed by atoms with Crippen LogP contribution in [0.1, 0.15) is 57.6 Å². The molecule has 0 aromatic heterocycles. The van der Waals surface area contributed by atoms with Crippen LogP contribution in [0.2, 0.25) is 0 Å². The van der Waals surface area contributed by atoms with Gasteiger partial charge in [0.05, 0.1) is 0 Å². The zero-order valence-corrected chi connectivity index (χ0v) is 11.5. The number of hydrogen-bond donors (Lipinski definition) is 1. The zero-order chi connectivity index (χ0) is 13.0. The van der Waals surface area contributed by atoms with Gasteiger partial charge in [0, 0.05) is 12.1 Å². The lowest BCUT2D eigenvalue weighted by atomic mass is 10.0. The summed E-state index contributed by atoms with van der Waals surface area (Å²) < 4.78 is 12.9. The predicted molar refractivity (Wildman–Crippen MR) is 74.0 cm³/mol. The molecule has 0 spiro atoms. The largest absolute Gasteiger partial charge is 0.307 e. The van der Waals surface area contributed by atoms with E-state index >= 15 is 0 Å². The van der Waals surface area contributed by atoms with Crippen molar-refractivity contribution in [2.75, 3.05) is 0 Å². The molecule has 0 aliphatic heterocycles. The van der Waals surface area contributed by atoms with Gasteiger partial charge in [-0.05, 0) is 49.8 Å². The number of hydrogen-bond acceptors (Lipinski definition) is 1. The highest BCUT2D eigenvalue weighted by atomic mass is 19.1. The normalized spacial score (nSPS) is 26.6. The van der Waals surface area contributed by atoms with Gasteiger partial charge in [-0.2, -0.15) is 0 Å². The summed E-state index contributed by atoms with van der Waals surface area (Å²) >= 11 is 0. The van der Waals surface area contributed by atoms with Crippen molar-refractivity contribution in [1.82, 2.24) is 5.32 Å². The topological polar surface area (TPSA) is 12.0 Å². The third-order valence-electron chi connectivity index (χ3n) is 4.11. The van der Waals surface area contributed by atoms with Crippen LogP contribution in [0, 0.1) is 11.7 Å². The Hall–Kier alpha value is -0.890. The minimum absolute atomic E-state index is 0.158. The molecule has 1 aliphatic rings. The molecule has 0 amide bonds. The Kier molecular flexibility index (Phi) is 4.76. The summed E-state index contributed by atoms with van der Waals surface area (Å²) in [5.41, 5.74) is 1.17. The molecule has 100 valence electrons. The average Bonchev–Trinajstić information content (AvgIpc) is 2.55. The summed E-state index contributed by atoms with van der Waals surface area (Å²) in [7, 11) is 0. The van der Waals surface area contributed by atoms with Gasteiger partial charge >= 0.3 is 0 Å². The average molecular weight is 249 g/mol. The first-order chi connectivity index (χ1) is 8.65. The van der Waals surface area contributed by atoms with Gasteiger partial charge < -0.3 is 5.32 Å². The van der Waals surface area contributed by atoms with Gasteiger partial charge in [0.25, 0.3) is 0 Å². The monoisotopic (exact) mass is 249 g/mol. The van der Waals surface area contributed by atoms with E-state index in [1.165, 1.54) is 37.7 Å². The van der Waals surface area contributed by atoms with Crippen LogP contribution in [0.5, 0.6) is 0 Å². The Balaban J connectivity index is 1.90. The highest BCUT2D eigenvalue weighted by Gasteiger charge is 2.18. The smallest absolute Gasteiger partial charge is 0.123 e. The van der Waals surface area contributed by atoms with E-state index in [1.54, 1.807) is 12.1 Å². The van der Waals surface area contributed by atoms with Crippen molar-refractivity contribution >= 4 is 0 Å². The minimum atomic E-state index is -0.158. The fraction of sp³-hybridized carbons (Fsp3) is 0.625. The van der Waals surface area contributed by atoms with Crippen LogP contribution in [-0.4, -0.2) is 6.04 Å². The number of rotatable bonds is 3. The first-order valence-corrected chi connectivity index (χ1v) is 7.16. The Bertz CT molecular complexity index is 360. The molecular formula is C16H24FN. The highest BCUT2D eigenvalue weighted by molar-refractivity contribution is 5.19. The zero-order valence-electron chi connectivity index (χ0n) is 11.5. The second-order valence-electron chi connectivity index (χ2n) is 5.75. The number of halogens is 1. The molecule has 0 saturated heterocycles. The molecule has 1 fully saturated rings. The number of benzene rings is 1. The van der Waals surface area contributed by atoms with Gasteiger partial charge in [0.15, 0.2) is 0 Å². The van der Waals surface area contributed by atoms with E-state index in [0.29, 0.717) is 12.1 Å². The van der Waals surface area contributed by atoms with E-state index in [2.05, 4.69) is 19.2 Å². The SMILES string of the molecule is CC1CCCC(NC(C)c2ccc(F)cc2)CC1. The molecular weight excluding hydrogens is 225 g/mol. The maximum atomic E-state index is 12.9. The molecule has 1 aromatic rings.